The summed E-state index contributed by atoms with van der Waals surface area (Å²) in [4.78, 5) is 0.368. The molecule has 0 saturated carbocycles. The van der Waals surface area contributed by atoms with Crippen LogP contribution >= 0.6 is 35.2 Å². The highest BCUT2D eigenvalue weighted by Gasteiger charge is 2.35. The number of benzene rings is 1. The van der Waals surface area contributed by atoms with Gasteiger partial charge in [-0.05, 0) is 47.2 Å². The zero-order valence-electron chi connectivity index (χ0n) is 6.61. The van der Waals surface area contributed by atoms with Crippen LogP contribution in [0.5, 0.6) is 0 Å². The minimum atomic E-state index is -4.29. The van der Waals surface area contributed by atoms with Gasteiger partial charge in [0.2, 0.25) is 0 Å². The number of hydrogen-bond donors (Lipinski definition) is 1. The summed E-state index contributed by atoms with van der Waals surface area (Å²) in [6.45, 7) is 1.42. The van der Waals surface area contributed by atoms with E-state index in [0.29, 0.717) is 4.90 Å². The van der Waals surface area contributed by atoms with Crippen LogP contribution in [0.15, 0.2) is 17.0 Å². The molecule has 0 saturated heterocycles. The molecule has 0 nitrogen and oxygen atoms in total. The molecule has 0 unspecified atom stereocenters. The average Bonchev–Trinajstić information content (AvgIpc) is 1.95. The Balaban J connectivity index is 3.43. The second-order valence-electron chi connectivity index (χ2n) is 2.56. The van der Waals surface area contributed by atoms with Gasteiger partial charge in [0, 0.05) is 8.47 Å². The van der Waals surface area contributed by atoms with Crippen LogP contribution in [0.25, 0.3) is 0 Å². The fraction of sp³-hybridized carbons (Fsp3) is 0.250. The molecule has 1 aromatic rings. The lowest BCUT2D eigenvalue weighted by atomic mass is 10.1. The molecule has 5 heteroatoms. The summed E-state index contributed by atoms with van der Waals surface area (Å²) in [5.41, 5.74) is -0.400. The van der Waals surface area contributed by atoms with E-state index in [9.17, 15) is 13.2 Å². The average molecular weight is 318 g/mol. The van der Waals surface area contributed by atoms with Crippen LogP contribution in [0.4, 0.5) is 13.2 Å². The second kappa shape index (κ2) is 3.68. The Hall–Kier alpha value is 0.0900. The van der Waals surface area contributed by atoms with E-state index in [1.807, 2.05) is 0 Å². The highest BCUT2D eigenvalue weighted by atomic mass is 127. The maximum atomic E-state index is 12.5. The third-order valence-electron chi connectivity index (χ3n) is 1.67. The molecule has 0 bridgehead atoms. The predicted molar refractivity (Wildman–Crippen MR) is 56.2 cm³/mol. The zero-order valence-corrected chi connectivity index (χ0v) is 9.67. The molecule has 0 radical (unpaired) electrons. The summed E-state index contributed by atoms with van der Waals surface area (Å²) in [6, 6.07) is 2.98. The van der Waals surface area contributed by atoms with Crippen LogP contribution < -0.4 is 0 Å². The molecule has 0 aliphatic heterocycles. The monoisotopic (exact) mass is 318 g/mol. The van der Waals surface area contributed by atoms with Crippen molar-refractivity contribution in [1.82, 2.24) is 0 Å². The summed E-state index contributed by atoms with van der Waals surface area (Å²) in [5, 5.41) is 0. The normalized spacial score (nSPS) is 11.8. The van der Waals surface area contributed by atoms with Crippen molar-refractivity contribution in [1.29, 1.82) is 0 Å². The van der Waals surface area contributed by atoms with Gasteiger partial charge in [-0.1, -0.05) is 0 Å². The van der Waals surface area contributed by atoms with Crippen molar-refractivity contribution < 1.29 is 13.2 Å². The Kier molecular flexibility index (Phi) is 3.16. The molecule has 1 rings (SSSR count). The predicted octanol–water partition coefficient (Wildman–Crippen LogP) is 3.91. The molecule has 0 aromatic heterocycles. The Bertz CT molecular complexity index is 333. The lowest BCUT2D eigenvalue weighted by Gasteiger charge is -2.13. The molecule has 0 amide bonds. The lowest BCUT2D eigenvalue weighted by Crippen LogP contribution is -2.10. The molecule has 0 spiro atoms. The Morgan fingerprint density at radius 1 is 1.31 bits per heavy atom. The number of rotatable bonds is 0. The summed E-state index contributed by atoms with van der Waals surface area (Å²) in [5.74, 6) is 0. The number of halogens is 4. The van der Waals surface area contributed by atoms with Gasteiger partial charge >= 0.3 is 6.18 Å². The molecule has 0 heterocycles. The molecule has 72 valence electrons. The van der Waals surface area contributed by atoms with Crippen molar-refractivity contribution >= 4 is 35.2 Å². The molecule has 0 aliphatic carbocycles. The molecular formula is C8H6F3IS. The molecule has 1 aromatic carbocycles. The van der Waals surface area contributed by atoms with E-state index < -0.39 is 11.7 Å². The van der Waals surface area contributed by atoms with Crippen molar-refractivity contribution in [2.75, 3.05) is 0 Å². The minimum Gasteiger partial charge on any atom is -0.166 e. The molecule has 0 N–H and O–H groups in total. The fourth-order valence-corrected chi connectivity index (χ4v) is 2.09. The van der Waals surface area contributed by atoms with E-state index in [0.717, 1.165) is 0 Å². The van der Waals surface area contributed by atoms with Crippen molar-refractivity contribution in [2.24, 2.45) is 0 Å². The van der Waals surface area contributed by atoms with Crippen LogP contribution in [0.2, 0.25) is 0 Å². The van der Waals surface area contributed by atoms with Crippen LogP contribution in [0.1, 0.15) is 11.1 Å². The van der Waals surface area contributed by atoms with Gasteiger partial charge in [-0.3, -0.25) is 0 Å². The SMILES string of the molecule is Cc1c(S)ccc(I)c1C(F)(F)F. The Morgan fingerprint density at radius 2 is 1.85 bits per heavy atom. The Morgan fingerprint density at radius 3 is 2.23 bits per heavy atom. The van der Waals surface area contributed by atoms with Crippen LogP contribution in [-0.4, -0.2) is 0 Å². The summed E-state index contributed by atoms with van der Waals surface area (Å²) in [6.07, 6.45) is -4.29. The first-order chi connectivity index (χ1) is 5.84. The summed E-state index contributed by atoms with van der Waals surface area (Å²) >= 11 is 5.62. The summed E-state index contributed by atoms with van der Waals surface area (Å²) in [7, 11) is 0. The molecular weight excluding hydrogens is 312 g/mol. The second-order valence-corrected chi connectivity index (χ2v) is 4.21. The van der Waals surface area contributed by atoms with Gasteiger partial charge in [-0.25, -0.2) is 0 Å². The fourth-order valence-electron chi connectivity index (χ4n) is 1.02. The first kappa shape index (κ1) is 11.2. The molecule has 0 aliphatic rings. The highest BCUT2D eigenvalue weighted by Crippen LogP contribution is 2.37. The van der Waals surface area contributed by atoms with Gasteiger partial charge < -0.3 is 0 Å². The van der Waals surface area contributed by atoms with Gasteiger partial charge in [-0.2, -0.15) is 13.2 Å². The smallest absolute Gasteiger partial charge is 0.166 e. The van der Waals surface area contributed by atoms with Crippen LogP contribution in [0.3, 0.4) is 0 Å². The van der Waals surface area contributed by atoms with E-state index in [2.05, 4.69) is 12.6 Å². The molecule has 0 atom stereocenters. The van der Waals surface area contributed by atoms with Crippen molar-refractivity contribution in [3.8, 4) is 0 Å². The van der Waals surface area contributed by atoms with E-state index in [-0.39, 0.29) is 9.13 Å². The maximum Gasteiger partial charge on any atom is 0.417 e. The maximum absolute atomic E-state index is 12.5. The number of alkyl halides is 3. The van der Waals surface area contributed by atoms with Gasteiger partial charge in [0.1, 0.15) is 0 Å². The quantitative estimate of drug-likeness (QED) is 0.544. The summed E-state index contributed by atoms with van der Waals surface area (Å²) < 4.78 is 37.6. The number of thiol groups is 1. The van der Waals surface area contributed by atoms with Gasteiger partial charge in [0.05, 0.1) is 5.56 Å². The minimum absolute atomic E-state index is 0.183. The van der Waals surface area contributed by atoms with Gasteiger partial charge in [0.15, 0.2) is 0 Å². The highest BCUT2D eigenvalue weighted by molar-refractivity contribution is 14.1. The van der Waals surface area contributed by atoms with Gasteiger partial charge in [0.25, 0.3) is 0 Å². The molecule has 0 fully saturated rings. The van der Waals surface area contributed by atoms with E-state index in [4.69, 9.17) is 0 Å². The van der Waals surface area contributed by atoms with E-state index in [1.54, 1.807) is 28.7 Å². The third kappa shape index (κ3) is 2.31. The zero-order chi connectivity index (χ0) is 10.2. The van der Waals surface area contributed by atoms with E-state index in [1.165, 1.54) is 13.0 Å². The van der Waals surface area contributed by atoms with Gasteiger partial charge in [-0.15, -0.1) is 12.6 Å². The standard InChI is InChI=1S/C8H6F3IS/c1-4-6(13)3-2-5(12)7(4)8(9,10)11/h2-3,13H,1H3. The van der Waals surface area contributed by atoms with Crippen LogP contribution in [0, 0.1) is 10.5 Å². The van der Waals surface area contributed by atoms with Crippen molar-refractivity contribution in [3.63, 3.8) is 0 Å². The third-order valence-corrected chi connectivity index (χ3v) is 3.05. The largest absolute Gasteiger partial charge is 0.417 e. The lowest BCUT2D eigenvalue weighted by molar-refractivity contribution is -0.138. The Labute approximate surface area is 93.1 Å². The first-order valence-corrected chi connectivity index (χ1v) is 4.92. The topological polar surface area (TPSA) is 0 Å². The van der Waals surface area contributed by atoms with Crippen molar-refractivity contribution in [3.05, 3.63) is 26.8 Å². The molecule has 13 heavy (non-hydrogen) atoms. The van der Waals surface area contributed by atoms with Crippen LogP contribution in [-0.2, 0) is 6.18 Å². The first-order valence-electron chi connectivity index (χ1n) is 3.39. The van der Waals surface area contributed by atoms with E-state index >= 15 is 0 Å². The van der Waals surface area contributed by atoms with Crippen molar-refractivity contribution in [2.45, 2.75) is 18.0 Å². The number of hydrogen-bond acceptors (Lipinski definition) is 1.